The molecule has 0 aliphatic rings. The SMILES string of the molecule is CCOC(=O)CCSC(C(=O)OCC)c1cccc(Cl)c1. The highest BCUT2D eigenvalue weighted by Gasteiger charge is 2.23. The molecular formula is C15H19ClO4S. The van der Waals surface area contributed by atoms with E-state index in [4.69, 9.17) is 21.1 Å². The summed E-state index contributed by atoms with van der Waals surface area (Å²) in [4.78, 5) is 23.4. The maximum atomic E-state index is 12.1. The van der Waals surface area contributed by atoms with Crippen LogP contribution in [0, 0.1) is 0 Å². The third kappa shape index (κ3) is 6.40. The van der Waals surface area contributed by atoms with Crippen LogP contribution >= 0.6 is 23.4 Å². The number of halogens is 1. The normalized spacial score (nSPS) is 11.8. The van der Waals surface area contributed by atoms with E-state index in [1.54, 1.807) is 32.0 Å². The van der Waals surface area contributed by atoms with E-state index in [2.05, 4.69) is 0 Å². The van der Waals surface area contributed by atoms with Crippen LogP contribution in [0.3, 0.4) is 0 Å². The zero-order chi connectivity index (χ0) is 15.7. The number of carbonyl (C=O) groups is 2. The van der Waals surface area contributed by atoms with E-state index in [-0.39, 0.29) is 18.4 Å². The molecule has 0 amide bonds. The largest absolute Gasteiger partial charge is 0.466 e. The minimum atomic E-state index is -0.488. The molecule has 0 bridgehead atoms. The second-order valence-corrected chi connectivity index (χ2v) is 5.76. The van der Waals surface area contributed by atoms with Crippen molar-refractivity contribution in [3.63, 3.8) is 0 Å². The van der Waals surface area contributed by atoms with Crippen LogP contribution in [0.5, 0.6) is 0 Å². The zero-order valence-corrected chi connectivity index (χ0v) is 13.7. The van der Waals surface area contributed by atoms with E-state index >= 15 is 0 Å². The second-order valence-electron chi connectivity index (χ2n) is 4.11. The number of hydrogen-bond acceptors (Lipinski definition) is 5. The van der Waals surface area contributed by atoms with Gasteiger partial charge in [0.2, 0.25) is 0 Å². The fraction of sp³-hybridized carbons (Fsp3) is 0.467. The highest BCUT2D eigenvalue weighted by molar-refractivity contribution is 8.00. The van der Waals surface area contributed by atoms with Crippen molar-refractivity contribution in [3.8, 4) is 0 Å². The molecule has 116 valence electrons. The summed E-state index contributed by atoms with van der Waals surface area (Å²) in [5.74, 6) is -0.109. The van der Waals surface area contributed by atoms with Crippen molar-refractivity contribution in [1.82, 2.24) is 0 Å². The predicted molar refractivity (Wildman–Crippen MR) is 84.5 cm³/mol. The molecular weight excluding hydrogens is 312 g/mol. The molecule has 0 fully saturated rings. The van der Waals surface area contributed by atoms with Crippen molar-refractivity contribution >= 4 is 35.3 Å². The predicted octanol–water partition coefficient (Wildman–Crippen LogP) is 3.63. The zero-order valence-electron chi connectivity index (χ0n) is 12.1. The summed E-state index contributed by atoms with van der Waals surface area (Å²) in [6, 6.07) is 7.09. The van der Waals surface area contributed by atoms with Crippen molar-refractivity contribution in [2.24, 2.45) is 0 Å². The van der Waals surface area contributed by atoms with Gasteiger partial charge in [-0.3, -0.25) is 9.59 Å². The van der Waals surface area contributed by atoms with Gasteiger partial charge in [-0.15, -0.1) is 11.8 Å². The summed E-state index contributed by atoms with van der Waals surface area (Å²) in [6.45, 7) is 4.20. The van der Waals surface area contributed by atoms with Gasteiger partial charge in [-0.1, -0.05) is 23.7 Å². The van der Waals surface area contributed by atoms with Gasteiger partial charge in [0.1, 0.15) is 5.25 Å². The number of thioether (sulfide) groups is 1. The van der Waals surface area contributed by atoms with Crippen LogP contribution in [-0.4, -0.2) is 30.9 Å². The lowest BCUT2D eigenvalue weighted by Gasteiger charge is -2.15. The van der Waals surface area contributed by atoms with Gasteiger partial charge in [0, 0.05) is 10.8 Å². The Bertz CT molecular complexity index is 478. The maximum absolute atomic E-state index is 12.1. The van der Waals surface area contributed by atoms with Crippen LogP contribution in [0.4, 0.5) is 0 Å². The summed E-state index contributed by atoms with van der Waals surface area (Å²) in [7, 11) is 0. The van der Waals surface area contributed by atoms with E-state index in [1.807, 2.05) is 6.07 Å². The molecule has 1 rings (SSSR count). The van der Waals surface area contributed by atoms with E-state index in [9.17, 15) is 9.59 Å². The Morgan fingerprint density at radius 3 is 2.57 bits per heavy atom. The standard InChI is InChI=1S/C15H19ClO4S/c1-3-19-13(17)8-9-21-14(15(18)20-4-2)11-6-5-7-12(16)10-11/h5-7,10,14H,3-4,8-9H2,1-2H3. The molecule has 21 heavy (non-hydrogen) atoms. The number of hydrogen-bond donors (Lipinski definition) is 0. The van der Waals surface area contributed by atoms with Crippen LogP contribution in [0.2, 0.25) is 5.02 Å². The van der Waals surface area contributed by atoms with Gasteiger partial charge >= 0.3 is 11.9 Å². The van der Waals surface area contributed by atoms with Crippen molar-refractivity contribution in [2.45, 2.75) is 25.5 Å². The Hall–Kier alpha value is -1.20. The lowest BCUT2D eigenvalue weighted by molar-refractivity contribution is -0.143. The lowest BCUT2D eigenvalue weighted by Crippen LogP contribution is -2.14. The molecule has 6 heteroatoms. The molecule has 0 spiro atoms. The van der Waals surface area contributed by atoms with Crippen LogP contribution in [0.15, 0.2) is 24.3 Å². The number of carbonyl (C=O) groups excluding carboxylic acids is 2. The molecule has 0 aliphatic carbocycles. The Labute approximate surface area is 134 Å². The third-order valence-electron chi connectivity index (χ3n) is 2.55. The van der Waals surface area contributed by atoms with Crippen LogP contribution in [-0.2, 0) is 19.1 Å². The Morgan fingerprint density at radius 2 is 1.95 bits per heavy atom. The molecule has 1 aromatic carbocycles. The van der Waals surface area contributed by atoms with E-state index < -0.39 is 5.25 Å². The van der Waals surface area contributed by atoms with Crippen molar-refractivity contribution in [3.05, 3.63) is 34.9 Å². The molecule has 1 aromatic rings. The van der Waals surface area contributed by atoms with E-state index in [1.165, 1.54) is 11.8 Å². The molecule has 4 nitrogen and oxygen atoms in total. The summed E-state index contributed by atoms with van der Waals surface area (Å²) in [6.07, 6.45) is 0.259. The maximum Gasteiger partial charge on any atom is 0.323 e. The average molecular weight is 331 g/mol. The molecule has 0 saturated carbocycles. The molecule has 1 unspecified atom stereocenters. The molecule has 0 heterocycles. The molecule has 0 aromatic heterocycles. The first-order valence-corrected chi connectivity index (χ1v) is 8.20. The highest BCUT2D eigenvalue weighted by Crippen LogP contribution is 2.32. The fourth-order valence-electron chi connectivity index (χ4n) is 1.68. The van der Waals surface area contributed by atoms with Crippen LogP contribution < -0.4 is 0 Å². The van der Waals surface area contributed by atoms with Gasteiger partial charge in [-0.25, -0.2) is 0 Å². The molecule has 0 aliphatic heterocycles. The molecule has 0 radical (unpaired) electrons. The van der Waals surface area contributed by atoms with Crippen molar-refractivity contribution < 1.29 is 19.1 Å². The lowest BCUT2D eigenvalue weighted by atomic mass is 10.1. The van der Waals surface area contributed by atoms with E-state index in [0.717, 1.165) is 5.56 Å². The average Bonchev–Trinajstić information content (AvgIpc) is 2.44. The monoisotopic (exact) mass is 330 g/mol. The van der Waals surface area contributed by atoms with Crippen LogP contribution in [0.1, 0.15) is 31.1 Å². The minimum Gasteiger partial charge on any atom is -0.466 e. The van der Waals surface area contributed by atoms with E-state index in [0.29, 0.717) is 24.0 Å². The topological polar surface area (TPSA) is 52.6 Å². The summed E-state index contributed by atoms with van der Waals surface area (Å²) >= 11 is 7.31. The molecule has 0 saturated heterocycles. The number of ether oxygens (including phenoxy) is 2. The second kappa shape index (κ2) is 9.68. The first kappa shape index (κ1) is 17.9. The molecule has 0 N–H and O–H groups in total. The van der Waals surface area contributed by atoms with Gasteiger partial charge < -0.3 is 9.47 Å². The van der Waals surface area contributed by atoms with Crippen molar-refractivity contribution in [1.29, 1.82) is 0 Å². The van der Waals surface area contributed by atoms with Gasteiger partial charge in [-0.2, -0.15) is 0 Å². The first-order valence-electron chi connectivity index (χ1n) is 6.77. The Morgan fingerprint density at radius 1 is 1.24 bits per heavy atom. The minimum absolute atomic E-state index is 0.259. The number of esters is 2. The van der Waals surface area contributed by atoms with Gasteiger partial charge in [-0.05, 0) is 31.5 Å². The fourth-order valence-corrected chi connectivity index (χ4v) is 2.94. The quantitative estimate of drug-likeness (QED) is 0.681. The van der Waals surface area contributed by atoms with Gasteiger partial charge in [0.25, 0.3) is 0 Å². The number of rotatable bonds is 8. The van der Waals surface area contributed by atoms with Gasteiger partial charge in [0.05, 0.1) is 19.6 Å². The molecule has 1 atom stereocenters. The smallest absolute Gasteiger partial charge is 0.323 e. The Kier molecular flexibility index (Phi) is 8.23. The summed E-state index contributed by atoms with van der Waals surface area (Å²) < 4.78 is 9.95. The first-order chi connectivity index (χ1) is 10.1. The van der Waals surface area contributed by atoms with Gasteiger partial charge in [0.15, 0.2) is 0 Å². The summed E-state index contributed by atoms with van der Waals surface area (Å²) in [5, 5.41) is 0.0749. The number of benzene rings is 1. The van der Waals surface area contributed by atoms with Crippen molar-refractivity contribution in [2.75, 3.05) is 19.0 Å². The summed E-state index contributed by atoms with van der Waals surface area (Å²) in [5.41, 5.74) is 0.773. The Balaban J connectivity index is 2.69. The highest BCUT2D eigenvalue weighted by atomic mass is 35.5. The van der Waals surface area contributed by atoms with Crippen LogP contribution in [0.25, 0.3) is 0 Å². The third-order valence-corrected chi connectivity index (χ3v) is 4.02.